The predicted octanol–water partition coefficient (Wildman–Crippen LogP) is 1.66. The first-order valence-electron chi connectivity index (χ1n) is 8.86. The molecular formula is C17H35N3O. The Balaban J connectivity index is 1.72. The average Bonchev–Trinajstić information content (AvgIpc) is 2.47. The Morgan fingerprint density at radius 1 is 1.19 bits per heavy atom. The van der Waals surface area contributed by atoms with Gasteiger partial charge in [-0.25, -0.2) is 0 Å². The molecule has 0 bridgehead atoms. The van der Waals surface area contributed by atoms with E-state index in [1.54, 1.807) is 0 Å². The Hall–Kier alpha value is -0.160. The van der Waals surface area contributed by atoms with E-state index in [9.17, 15) is 0 Å². The number of likely N-dealkylation sites (tertiary alicyclic amines) is 1. The molecule has 1 N–H and O–H groups in total. The van der Waals surface area contributed by atoms with E-state index < -0.39 is 0 Å². The molecule has 2 rings (SSSR count). The number of hydrogen-bond acceptors (Lipinski definition) is 4. The van der Waals surface area contributed by atoms with Crippen molar-refractivity contribution in [3.05, 3.63) is 0 Å². The molecule has 0 amide bonds. The number of morpholine rings is 1. The molecule has 2 atom stereocenters. The van der Waals surface area contributed by atoms with Crippen molar-refractivity contribution in [3.8, 4) is 0 Å². The van der Waals surface area contributed by atoms with Crippen LogP contribution in [0.5, 0.6) is 0 Å². The minimum Gasteiger partial charge on any atom is -0.379 e. The largest absolute Gasteiger partial charge is 0.379 e. The molecular weight excluding hydrogens is 262 g/mol. The molecule has 2 aliphatic heterocycles. The highest BCUT2D eigenvalue weighted by Crippen LogP contribution is 2.15. The first-order valence-corrected chi connectivity index (χ1v) is 8.86. The van der Waals surface area contributed by atoms with E-state index in [0.29, 0.717) is 6.04 Å². The van der Waals surface area contributed by atoms with Crippen LogP contribution in [0.1, 0.15) is 33.1 Å². The molecule has 124 valence electrons. The van der Waals surface area contributed by atoms with Gasteiger partial charge in [0.1, 0.15) is 0 Å². The van der Waals surface area contributed by atoms with Crippen LogP contribution in [-0.4, -0.2) is 75.4 Å². The van der Waals surface area contributed by atoms with Gasteiger partial charge in [0.15, 0.2) is 0 Å². The third kappa shape index (κ3) is 6.23. The highest BCUT2D eigenvalue weighted by atomic mass is 16.5. The molecule has 0 aliphatic carbocycles. The molecule has 2 heterocycles. The van der Waals surface area contributed by atoms with E-state index in [2.05, 4.69) is 36.0 Å². The number of piperidine rings is 1. The van der Waals surface area contributed by atoms with Gasteiger partial charge in [-0.3, -0.25) is 4.90 Å². The van der Waals surface area contributed by atoms with Gasteiger partial charge in [-0.05, 0) is 51.2 Å². The third-order valence-electron chi connectivity index (χ3n) is 4.84. The smallest absolute Gasteiger partial charge is 0.0594 e. The van der Waals surface area contributed by atoms with Crippen LogP contribution < -0.4 is 5.32 Å². The predicted molar refractivity (Wildman–Crippen MR) is 88.7 cm³/mol. The minimum absolute atomic E-state index is 0.676. The van der Waals surface area contributed by atoms with Crippen molar-refractivity contribution in [2.45, 2.75) is 39.2 Å². The molecule has 0 aromatic rings. The van der Waals surface area contributed by atoms with Crippen molar-refractivity contribution >= 4 is 0 Å². The Morgan fingerprint density at radius 2 is 1.95 bits per heavy atom. The first-order chi connectivity index (χ1) is 10.1. The minimum atomic E-state index is 0.676. The van der Waals surface area contributed by atoms with Crippen molar-refractivity contribution < 1.29 is 4.74 Å². The Bertz CT molecular complexity index is 279. The first kappa shape index (κ1) is 17.2. The molecule has 2 saturated heterocycles. The van der Waals surface area contributed by atoms with Crippen LogP contribution in [0, 0.1) is 11.8 Å². The Morgan fingerprint density at radius 3 is 2.62 bits per heavy atom. The van der Waals surface area contributed by atoms with Crippen LogP contribution >= 0.6 is 0 Å². The quantitative estimate of drug-likeness (QED) is 0.773. The second-order valence-electron chi connectivity index (χ2n) is 7.36. The van der Waals surface area contributed by atoms with Gasteiger partial charge in [0, 0.05) is 32.2 Å². The molecule has 2 fully saturated rings. The summed E-state index contributed by atoms with van der Waals surface area (Å²) in [6.07, 6.45) is 4.04. The number of rotatable bonds is 7. The fourth-order valence-electron chi connectivity index (χ4n) is 3.74. The van der Waals surface area contributed by atoms with Gasteiger partial charge in [-0.1, -0.05) is 13.8 Å². The van der Waals surface area contributed by atoms with Crippen LogP contribution in [0.3, 0.4) is 0 Å². The van der Waals surface area contributed by atoms with Gasteiger partial charge in [0.25, 0.3) is 0 Å². The van der Waals surface area contributed by atoms with E-state index in [1.165, 1.54) is 38.9 Å². The summed E-state index contributed by atoms with van der Waals surface area (Å²) < 4.78 is 5.50. The third-order valence-corrected chi connectivity index (χ3v) is 4.84. The summed E-state index contributed by atoms with van der Waals surface area (Å²) in [5.41, 5.74) is 0. The lowest BCUT2D eigenvalue weighted by molar-refractivity contribution is 0.0120. The van der Waals surface area contributed by atoms with E-state index in [1.807, 2.05) is 0 Å². The van der Waals surface area contributed by atoms with Gasteiger partial charge >= 0.3 is 0 Å². The van der Waals surface area contributed by atoms with Crippen LogP contribution in [0.4, 0.5) is 0 Å². The van der Waals surface area contributed by atoms with Gasteiger partial charge in [-0.2, -0.15) is 0 Å². The summed E-state index contributed by atoms with van der Waals surface area (Å²) in [5.74, 6) is 1.61. The molecule has 2 aliphatic rings. The molecule has 0 aromatic carbocycles. The lowest BCUT2D eigenvalue weighted by Gasteiger charge is -2.36. The maximum absolute atomic E-state index is 5.50. The van der Waals surface area contributed by atoms with Crippen molar-refractivity contribution in [1.29, 1.82) is 0 Å². The van der Waals surface area contributed by atoms with Crippen LogP contribution in [-0.2, 0) is 4.74 Å². The highest BCUT2D eigenvalue weighted by Gasteiger charge is 2.22. The summed E-state index contributed by atoms with van der Waals surface area (Å²) in [5, 5.41) is 3.77. The maximum Gasteiger partial charge on any atom is 0.0594 e. The van der Waals surface area contributed by atoms with Gasteiger partial charge in [-0.15, -0.1) is 0 Å². The summed E-state index contributed by atoms with van der Waals surface area (Å²) in [6, 6.07) is 0.676. The maximum atomic E-state index is 5.50. The normalized spacial score (nSPS) is 27.1. The van der Waals surface area contributed by atoms with Crippen LogP contribution in [0.25, 0.3) is 0 Å². The summed E-state index contributed by atoms with van der Waals surface area (Å²) in [6.45, 7) is 13.6. The second kappa shape index (κ2) is 9.09. The Kier molecular flexibility index (Phi) is 7.44. The zero-order chi connectivity index (χ0) is 15.1. The molecule has 0 aromatic heterocycles. The lowest BCUT2D eigenvalue weighted by Crippen LogP contribution is -2.49. The molecule has 0 spiro atoms. The zero-order valence-electron chi connectivity index (χ0n) is 14.3. The van der Waals surface area contributed by atoms with E-state index in [4.69, 9.17) is 4.74 Å². The van der Waals surface area contributed by atoms with Crippen molar-refractivity contribution in [1.82, 2.24) is 15.1 Å². The van der Waals surface area contributed by atoms with Gasteiger partial charge in [0.2, 0.25) is 0 Å². The van der Waals surface area contributed by atoms with E-state index in [-0.39, 0.29) is 0 Å². The number of ether oxygens (including phenoxy) is 1. The summed E-state index contributed by atoms with van der Waals surface area (Å²) in [7, 11) is 2.25. The van der Waals surface area contributed by atoms with Crippen molar-refractivity contribution in [3.63, 3.8) is 0 Å². The highest BCUT2D eigenvalue weighted by molar-refractivity contribution is 4.79. The fourth-order valence-corrected chi connectivity index (χ4v) is 3.74. The number of hydrogen-bond donors (Lipinski definition) is 1. The topological polar surface area (TPSA) is 27.7 Å². The zero-order valence-corrected chi connectivity index (χ0v) is 14.3. The second-order valence-corrected chi connectivity index (χ2v) is 7.36. The van der Waals surface area contributed by atoms with Crippen molar-refractivity contribution in [2.24, 2.45) is 11.8 Å². The van der Waals surface area contributed by atoms with Gasteiger partial charge in [0.05, 0.1) is 13.2 Å². The molecule has 0 radical (unpaired) electrons. The standard InChI is InChI=1S/C17H35N3O/c1-15(2)11-17(20-7-9-21-10-8-20)13-18-12-16-5-4-6-19(3)14-16/h15-18H,4-14H2,1-3H3. The van der Waals surface area contributed by atoms with E-state index in [0.717, 1.165) is 44.7 Å². The SMILES string of the molecule is CC(C)CC(CNCC1CCCN(C)C1)N1CCOCC1. The molecule has 21 heavy (non-hydrogen) atoms. The van der Waals surface area contributed by atoms with Crippen LogP contribution in [0.15, 0.2) is 0 Å². The van der Waals surface area contributed by atoms with Crippen LogP contribution in [0.2, 0.25) is 0 Å². The fraction of sp³-hybridized carbons (Fsp3) is 1.00. The Labute approximate surface area is 131 Å². The molecule has 0 saturated carbocycles. The number of nitrogens with one attached hydrogen (secondary N) is 1. The summed E-state index contributed by atoms with van der Waals surface area (Å²) >= 11 is 0. The lowest BCUT2D eigenvalue weighted by atomic mass is 9.97. The van der Waals surface area contributed by atoms with Crippen molar-refractivity contribution in [2.75, 3.05) is 59.5 Å². The monoisotopic (exact) mass is 297 g/mol. The molecule has 2 unspecified atom stereocenters. The number of nitrogens with zero attached hydrogens (tertiary/aromatic N) is 2. The molecule has 4 heteroatoms. The summed E-state index contributed by atoms with van der Waals surface area (Å²) in [4.78, 5) is 5.10. The van der Waals surface area contributed by atoms with Gasteiger partial charge < -0.3 is 15.0 Å². The average molecular weight is 297 g/mol. The molecule has 4 nitrogen and oxygen atoms in total. The van der Waals surface area contributed by atoms with E-state index >= 15 is 0 Å².